The highest BCUT2D eigenvalue weighted by molar-refractivity contribution is 7.88. The Morgan fingerprint density at radius 2 is 2.06 bits per heavy atom. The summed E-state index contributed by atoms with van der Waals surface area (Å²) in [4.78, 5) is 3.92. The fourth-order valence-corrected chi connectivity index (χ4v) is 3.48. The molecule has 0 spiro atoms. The monoisotopic (exact) mass is 291 g/mol. The zero-order valence-corrected chi connectivity index (χ0v) is 11.7. The molecule has 2 heterocycles. The highest BCUT2D eigenvalue weighted by Crippen LogP contribution is 2.16. The van der Waals surface area contributed by atoms with Gasteiger partial charge in [0.05, 0.1) is 5.75 Å². The van der Waals surface area contributed by atoms with Crippen LogP contribution >= 0.6 is 12.4 Å². The molecule has 0 amide bonds. The van der Waals surface area contributed by atoms with Gasteiger partial charge in [-0.25, -0.2) is 12.7 Å². The van der Waals surface area contributed by atoms with Crippen LogP contribution in [0.15, 0.2) is 24.5 Å². The predicted molar refractivity (Wildman–Crippen MR) is 72.9 cm³/mol. The van der Waals surface area contributed by atoms with Crippen molar-refractivity contribution in [3.05, 3.63) is 30.1 Å². The van der Waals surface area contributed by atoms with Crippen molar-refractivity contribution in [3.63, 3.8) is 0 Å². The van der Waals surface area contributed by atoms with Gasteiger partial charge in [-0.3, -0.25) is 4.98 Å². The maximum absolute atomic E-state index is 12.1. The molecule has 1 aromatic rings. The molecule has 1 fully saturated rings. The van der Waals surface area contributed by atoms with Crippen LogP contribution in [0.3, 0.4) is 0 Å². The smallest absolute Gasteiger partial charge is 0.218 e. The lowest BCUT2D eigenvalue weighted by Crippen LogP contribution is -2.43. The first-order chi connectivity index (χ1) is 8.08. The molecule has 0 atom stereocenters. The van der Waals surface area contributed by atoms with E-state index in [1.807, 2.05) is 0 Å². The minimum Gasteiger partial charge on any atom is -0.328 e. The minimum absolute atomic E-state index is 0. The molecule has 0 radical (unpaired) electrons. The van der Waals surface area contributed by atoms with Crippen molar-refractivity contribution in [3.8, 4) is 0 Å². The summed E-state index contributed by atoms with van der Waals surface area (Å²) in [6.45, 7) is 1.06. The van der Waals surface area contributed by atoms with E-state index in [1.54, 1.807) is 24.5 Å². The van der Waals surface area contributed by atoms with Crippen molar-refractivity contribution in [2.75, 3.05) is 13.1 Å². The number of nitrogens with two attached hydrogens (primary N) is 1. The summed E-state index contributed by atoms with van der Waals surface area (Å²) < 4.78 is 25.8. The van der Waals surface area contributed by atoms with Crippen LogP contribution in [0.2, 0.25) is 0 Å². The topological polar surface area (TPSA) is 76.3 Å². The van der Waals surface area contributed by atoms with Gasteiger partial charge in [-0.05, 0) is 24.5 Å². The number of piperidine rings is 1. The molecular weight excluding hydrogens is 274 g/mol. The fraction of sp³-hybridized carbons (Fsp3) is 0.545. The van der Waals surface area contributed by atoms with Gasteiger partial charge in [0, 0.05) is 31.5 Å². The van der Waals surface area contributed by atoms with Crippen LogP contribution < -0.4 is 5.73 Å². The second-order valence-corrected chi connectivity index (χ2v) is 6.32. The average molecular weight is 292 g/mol. The summed E-state index contributed by atoms with van der Waals surface area (Å²) in [7, 11) is -3.22. The summed E-state index contributed by atoms with van der Waals surface area (Å²) in [5, 5.41) is 0. The first-order valence-corrected chi connectivity index (χ1v) is 7.31. The average Bonchev–Trinajstić information content (AvgIpc) is 2.30. The third-order valence-corrected chi connectivity index (χ3v) is 4.81. The zero-order valence-electron chi connectivity index (χ0n) is 10.0. The van der Waals surface area contributed by atoms with Crippen LogP contribution in [0.25, 0.3) is 0 Å². The molecule has 5 nitrogen and oxygen atoms in total. The standard InChI is InChI=1S/C11H17N3O2S.ClH/c12-11-3-6-14(7-4-11)17(15,16)9-10-2-1-5-13-8-10;/h1-2,5,8,11H,3-4,6-7,9,12H2;1H. The molecule has 18 heavy (non-hydrogen) atoms. The van der Waals surface area contributed by atoms with Gasteiger partial charge in [0.25, 0.3) is 0 Å². The Hall–Kier alpha value is -0.690. The number of rotatable bonds is 3. The molecule has 1 saturated heterocycles. The van der Waals surface area contributed by atoms with Gasteiger partial charge >= 0.3 is 0 Å². The van der Waals surface area contributed by atoms with Crippen molar-refractivity contribution in [1.29, 1.82) is 0 Å². The summed E-state index contributed by atoms with van der Waals surface area (Å²) in [5.74, 6) is 0.0239. The third kappa shape index (κ3) is 3.91. The first kappa shape index (κ1) is 15.4. The summed E-state index contributed by atoms with van der Waals surface area (Å²) in [6, 6.07) is 3.66. The van der Waals surface area contributed by atoms with Crippen molar-refractivity contribution in [2.45, 2.75) is 24.6 Å². The number of halogens is 1. The second-order valence-electron chi connectivity index (χ2n) is 4.35. The lowest BCUT2D eigenvalue weighted by molar-refractivity contribution is 0.319. The molecule has 0 aliphatic carbocycles. The van der Waals surface area contributed by atoms with Crippen molar-refractivity contribution < 1.29 is 8.42 Å². The van der Waals surface area contributed by atoms with E-state index >= 15 is 0 Å². The minimum atomic E-state index is -3.22. The maximum Gasteiger partial charge on any atom is 0.218 e. The fourth-order valence-electron chi connectivity index (χ4n) is 1.94. The van der Waals surface area contributed by atoms with Gasteiger partial charge in [0.15, 0.2) is 0 Å². The van der Waals surface area contributed by atoms with E-state index in [1.165, 1.54) is 4.31 Å². The Bertz CT molecular complexity index is 458. The number of nitrogens with zero attached hydrogens (tertiary/aromatic N) is 2. The molecule has 102 valence electrons. The van der Waals surface area contributed by atoms with E-state index < -0.39 is 10.0 Å². The molecule has 1 aliphatic rings. The zero-order chi connectivity index (χ0) is 12.3. The second kappa shape index (κ2) is 6.47. The van der Waals surface area contributed by atoms with E-state index in [-0.39, 0.29) is 24.2 Å². The Balaban J connectivity index is 0.00000162. The largest absolute Gasteiger partial charge is 0.328 e. The van der Waals surface area contributed by atoms with E-state index in [4.69, 9.17) is 5.73 Å². The Labute approximate surface area is 114 Å². The molecule has 0 saturated carbocycles. The molecule has 7 heteroatoms. The molecule has 2 N–H and O–H groups in total. The van der Waals surface area contributed by atoms with Crippen LogP contribution in [0.1, 0.15) is 18.4 Å². The molecule has 0 bridgehead atoms. The molecule has 2 rings (SSSR count). The summed E-state index contributed by atoms with van der Waals surface area (Å²) >= 11 is 0. The SMILES string of the molecule is Cl.NC1CCN(S(=O)(=O)Cc2cccnc2)CC1. The molecule has 0 unspecified atom stereocenters. The van der Waals surface area contributed by atoms with Crippen molar-refractivity contribution in [1.82, 2.24) is 9.29 Å². The summed E-state index contributed by atoms with van der Waals surface area (Å²) in [6.07, 6.45) is 4.71. The molecule has 1 aromatic heterocycles. The van der Waals surface area contributed by atoms with Crippen LogP contribution in [-0.2, 0) is 15.8 Å². The summed E-state index contributed by atoms with van der Waals surface area (Å²) in [5.41, 5.74) is 6.49. The highest BCUT2D eigenvalue weighted by Gasteiger charge is 2.26. The number of sulfonamides is 1. The van der Waals surface area contributed by atoms with Gasteiger partial charge in [-0.2, -0.15) is 0 Å². The molecule has 1 aliphatic heterocycles. The Morgan fingerprint density at radius 1 is 1.39 bits per heavy atom. The van der Waals surface area contributed by atoms with E-state index in [9.17, 15) is 8.42 Å². The normalized spacial score (nSPS) is 18.3. The van der Waals surface area contributed by atoms with Crippen LogP contribution in [-0.4, -0.2) is 36.8 Å². The van der Waals surface area contributed by atoms with Crippen molar-refractivity contribution >= 4 is 22.4 Å². The third-order valence-electron chi connectivity index (χ3n) is 2.96. The van der Waals surface area contributed by atoms with E-state index in [2.05, 4.69) is 4.98 Å². The highest BCUT2D eigenvalue weighted by atomic mass is 35.5. The van der Waals surface area contributed by atoms with Gasteiger partial charge in [-0.1, -0.05) is 6.07 Å². The van der Waals surface area contributed by atoms with Crippen LogP contribution in [0, 0.1) is 0 Å². The molecular formula is C11H18ClN3O2S. The lowest BCUT2D eigenvalue weighted by atomic mass is 10.1. The number of hydrogen-bond donors (Lipinski definition) is 1. The van der Waals surface area contributed by atoms with E-state index in [0.717, 1.165) is 18.4 Å². The Kier molecular flexibility index (Phi) is 5.52. The van der Waals surface area contributed by atoms with Crippen molar-refractivity contribution in [2.24, 2.45) is 5.73 Å². The number of aromatic nitrogens is 1. The van der Waals surface area contributed by atoms with Crippen LogP contribution in [0.4, 0.5) is 0 Å². The maximum atomic E-state index is 12.1. The quantitative estimate of drug-likeness (QED) is 0.892. The molecule has 0 aromatic carbocycles. The van der Waals surface area contributed by atoms with Gasteiger partial charge < -0.3 is 5.73 Å². The number of pyridine rings is 1. The number of hydrogen-bond acceptors (Lipinski definition) is 4. The van der Waals surface area contributed by atoms with Gasteiger partial charge in [-0.15, -0.1) is 12.4 Å². The van der Waals surface area contributed by atoms with E-state index in [0.29, 0.717) is 13.1 Å². The van der Waals surface area contributed by atoms with Gasteiger partial charge in [0.2, 0.25) is 10.0 Å². The first-order valence-electron chi connectivity index (χ1n) is 5.70. The Morgan fingerprint density at radius 3 is 2.61 bits per heavy atom. The lowest BCUT2D eigenvalue weighted by Gasteiger charge is -2.29. The predicted octanol–water partition coefficient (Wildman–Crippen LogP) is 0.756. The van der Waals surface area contributed by atoms with Gasteiger partial charge in [0.1, 0.15) is 0 Å². The van der Waals surface area contributed by atoms with Crippen LogP contribution in [0.5, 0.6) is 0 Å².